The van der Waals surface area contributed by atoms with Crippen molar-refractivity contribution in [2.24, 2.45) is 0 Å². The zero-order valence-electron chi connectivity index (χ0n) is 7.66. The Kier molecular flexibility index (Phi) is 1.62. The van der Waals surface area contributed by atoms with Crippen LogP contribution in [0, 0.1) is 6.07 Å². The molecule has 3 aliphatic heterocycles. The van der Waals surface area contributed by atoms with Crippen LogP contribution >= 0.6 is 0 Å². The summed E-state index contributed by atoms with van der Waals surface area (Å²) in [4.78, 5) is 7.00. The molecule has 4 heterocycles. The first-order valence-electron chi connectivity index (χ1n) is 5.01. The molecule has 1 aromatic heterocycles. The maximum absolute atomic E-state index is 4.48. The van der Waals surface area contributed by atoms with Gasteiger partial charge in [-0.2, -0.15) is 0 Å². The predicted octanol–water partition coefficient (Wildman–Crippen LogP) is 1.57. The van der Waals surface area contributed by atoms with E-state index in [2.05, 4.69) is 22.0 Å². The van der Waals surface area contributed by atoms with E-state index in [9.17, 15) is 0 Å². The van der Waals surface area contributed by atoms with Crippen molar-refractivity contribution in [2.45, 2.75) is 25.3 Å². The van der Waals surface area contributed by atoms with Gasteiger partial charge in [0.25, 0.3) is 0 Å². The van der Waals surface area contributed by atoms with Crippen LogP contribution < -0.4 is 0 Å². The van der Waals surface area contributed by atoms with Crippen LogP contribution in [-0.2, 0) is 6.54 Å². The number of piperidine rings is 1. The molecule has 0 amide bonds. The third-order valence-electron chi connectivity index (χ3n) is 3.23. The molecular formula is C11H13N2. The van der Waals surface area contributed by atoms with Gasteiger partial charge < -0.3 is 0 Å². The second-order valence-electron chi connectivity index (χ2n) is 4.03. The van der Waals surface area contributed by atoms with Crippen LogP contribution in [0.2, 0.25) is 0 Å². The van der Waals surface area contributed by atoms with E-state index in [1.807, 2.05) is 6.20 Å². The first-order valence-corrected chi connectivity index (χ1v) is 5.01. The third-order valence-corrected chi connectivity index (χ3v) is 3.23. The molecule has 0 aliphatic carbocycles. The van der Waals surface area contributed by atoms with E-state index in [1.54, 1.807) is 0 Å². The van der Waals surface area contributed by atoms with Gasteiger partial charge in [0.15, 0.2) is 0 Å². The summed E-state index contributed by atoms with van der Waals surface area (Å²) < 4.78 is 0. The highest BCUT2D eigenvalue weighted by Gasteiger charge is 2.27. The van der Waals surface area contributed by atoms with Crippen molar-refractivity contribution in [2.75, 3.05) is 13.1 Å². The fourth-order valence-electron chi connectivity index (χ4n) is 2.50. The molecule has 67 valence electrons. The molecule has 0 N–H and O–H groups in total. The number of nitrogens with zero attached hydrogens (tertiary/aromatic N) is 2. The summed E-state index contributed by atoms with van der Waals surface area (Å²) in [5.74, 6) is 0.725. The molecule has 4 rings (SSSR count). The zero-order valence-corrected chi connectivity index (χ0v) is 7.66. The van der Waals surface area contributed by atoms with E-state index >= 15 is 0 Å². The van der Waals surface area contributed by atoms with Gasteiger partial charge in [-0.3, -0.25) is 9.88 Å². The van der Waals surface area contributed by atoms with Crippen molar-refractivity contribution >= 4 is 0 Å². The van der Waals surface area contributed by atoms with Crippen LogP contribution in [0.5, 0.6) is 0 Å². The summed E-state index contributed by atoms with van der Waals surface area (Å²) in [6, 6.07) is 5.19. The van der Waals surface area contributed by atoms with Gasteiger partial charge in [-0.05, 0) is 37.6 Å². The Balaban J connectivity index is 2.10. The minimum absolute atomic E-state index is 0.725. The Bertz CT molecular complexity index is 314. The van der Waals surface area contributed by atoms with Crippen molar-refractivity contribution in [3.05, 3.63) is 29.6 Å². The van der Waals surface area contributed by atoms with Gasteiger partial charge >= 0.3 is 0 Å². The summed E-state index contributed by atoms with van der Waals surface area (Å²) in [6.07, 6.45) is 4.40. The van der Waals surface area contributed by atoms with Gasteiger partial charge in [-0.1, -0.05) is 0 Å². The minimum Gasteiger partial charge on any atom is -0.299 e. The molecule has 0 unspecified atom stereocenters. The fraction of sp³-hybridized carbons (Fsp3) is 0.545. The topological polar surface area (TPSA) is 16.1 Å². The largest absolute Gasteiger partial charge is 0.299 e. The number of hydrogen-bond acceptors (Lipinski definition) is 2. The predicted molar refractivity (Wildman–Crippen MR) is 50.3 cm³/mol. The highest BCUT2D eigenvalue weighted by Crippen LogP contribution is 2.33. The quantitative estimate of drug-likeness (QED) is 0.592. The number of fused-ring (bicyclic) bond motifs is 2. The van der Waals surface area contributed by atoms with Crippen molar-refractivity contribution in [3.8, 4) is 0 Å². The summed E-state index contributed by atoms with van der Waals surface area (Å²) in [6.45, 7) is 3.60. The normalized spacial score (nSPS) is 31.1. The maximum Gasteiger partial charge on any atom is 0.0480 e. The van der Waals surface area contributed by atoms with Crippen molar-refractivity contribution in [1.82, 2.24) is 9.88 Å². The van der Waals surface area contributed by atoms with E-state index in [0.717, 1.165) is 12.5 Å². The third kappa shape index (κ3) is 1.17. The van der Waals surface area contributed by atoms with Gasteiger partial charge in [-0.25, -0.2) is 0 Å². The molecule has 13 heavy (non-hydrogen) atoms. The Morgan fingerprint density at radius 2 is 2.23 bits per heavy atom. The van der Waals surface area contributed by atoms with Gasteiger partial charge in [0.2, 0.25) is 0 Å². The van der Waals surface area contributed by atoms with Crippen LogP contribution in [-0.4, -0.2) is 23.0 Å². The first-order chi connectivity index (χ1) is 6.43. The van der Waals surface area contributed by atoms with Crippen LogP contribution in [0.1, 0.15) is 30.0 Å². The molecule has 0 aromatic carbocycles. The molecule has 1 fully saturated rings. The minimum atomic E-state index is 0.725. The number of hydrogen-bond donors (Lipinski definition) is 0. The lowest BCUT2D eigenvalue weighted by atomic mass is 9.94. The molecule has 2 bridgehead atoms. The molecule has 3 aliphatic rings. The Labute approximate surface area is 78.6 Å². The van der Waals surface area contributed by atoms with Gasteiger partial charge in [0.05, 0.1) is 0 Å². The molecular weight excluding hydrogens is 160 g/mol. The summed E-state index contributed by atoms with van der Waals surface area (Å²) in [5, 5.41) is 0. The molecule has 2 heteroatoms. The Morgan fingerprint density at radius 1 is 1.38 bits per heavy atom. The SMILES string of the molecule is [c]1cnc2c(c1)CN1CCC2CC1. The lowest BCUT2D eigenvalue weighted by Gasteiger charge is -2.26. The van der Waals surface area contributed by atoms with Crippen LogP contribution in [0.3, 0.4) is 0 Å². The molecule has 2 nitrogen and oxygen atoms in total. The van der Waals surface area contributed by atoms with Crippen LogP contribution in [0.4, 0.5) is 0 Å². The smallest absolute Gasteiger partial charge is 0.0480 e. The second-order valence-corrected chi connectivity index (χ2v) is 4.03. The van der Waals surface area contributed by atoms with Gasteiger partial charge in [0, 0.05) is 30.4 Å². The van der Waals surface area contributed by atoms with E-state index < -0.39 is 0 Å². The van der Waals surface area contributed by atoms with Crippen molar-refractivity contribution in [1.29, 1.82) is 0 Å². The molecule has 1 radical (unpaired) electrons. The highest BCUT2D eigenvalue weighted by molar-refractivity contribution is 5.25. The molecule has 1 saturated heterocycles. The number of pyridine rings is 1. The molecule has 0 atom stereocenters. The standard InChI is InChI=1S/C11H13N2/c1-2-10-8-13-6-3-9(4-7-13)11(10)12-5-1/h2,5,9H,3-4,6-8H2. The first kappa shape index (κ1) is 7.51. The highest BCUT2D eigenvalue weighted by atomic mass is 15.1. The van der Waals surface area contributed by atoms with Gasteiger partial charge in [-0.15, -0.1) is 0 Å². The van der Waals surface area contributed by atoms with Gasteiger partial charge in [0.1, 0.15) is 0 Å². The lowest BCUT2D eigenvalue weighted by molar-refractivity contribution is 0.220. The Morgan fingerprint density at radius 3 is 3.08 bits per heavy atom. The van der Waals surface area contributed by atoms with Crippen LogP contribution in [0.15, 0.2) is 12.3 Å². The summed E-state index contributed by atoms with van der Waals surface area (Å²) in [5.41, 5.74) is 2.75. The van der Waals surface area contributed by atoms with E-state index in [1.165, 1.54) is 37.2 Å². The Hall–Kier alpha value is -0.890. The fourth-order valence-corrected chi connectivity index (χ4v) is 2.50. The van der Waals surface area contributed by atoms with Crippen LogP contribution in [0.25, 0.3) is 0 Å². The number of aromatic nitrogens is 1. The maximum atomic E-state index is 4.48. The molecule has 0 saturated carbocycles. The lowest BCUT2D eigenvalue weighted by Crippen LogP contribution is -2.28. The van der Waals surface area contributed by atoms with E-state index in [4.69, 9.17) is 0 Å². The monoisotopic (exact) mass is 173 g/mol. The second kappa shape index (κ2) is 2.81. The average Bonchev–Trinajstić information content (AvgIpc) is 2.46. The van der Waals surface area contributed by atoms with Crippen molar-refractivity contribution in [3.63, 3.8) is 0 Å². The average molecular weight is 173 g/mol. The summed E-state index contributed by atoms with van der Waals surface area (Å²) >= 11 is 0. The van der Waals surface area contributed by atoms with E-state index in [-0.39, 0.29) is 0 Å². The molecule has 0 spiro atoms. The zero-order chi connectivity index (χ0) is 8.67. The number of rotatable bonds is 0. The molecule has 1 aromatic rings. The summed E-state index contributed by atoms with van der Waals surface area (Å²) in [7, 11) is 0. The van der Waals surface area contributed by atoms with Crippen molar-refractivity contribution < 1.29 is 0 Å². The van der Waals surface area contributed by atoms with E-state index in [0.29, 0.717) is 0 Å².